The number of anilines is 3. The molecule has 1 aliphatic heterocycles. The fourth-order valence-electron chi connectivity index (χ4n) is 3.35. The molecule has 1 amide bonds. The Morgan fingerprint density at radius 3 is 2.94 bits per heavy atom. The molecule has 0 unspecified atom stereocenters. The minimum atomic E-state index is -0.301. The lowest BCUT2D eigenvalue weighted by molar-refractivity contribution is 0.102. The highest BCUT2D eigenvalue weighted by atomic mass is 35.5. The lowest BCUT2D eigenvalue weighted by atomic mass is 10.1. The highest BCUT2D eigenvalue weighted by molar-refractivity contribution is 7.13. The van der Waals surface area contributed by atoms with Crippen molar-refractivity contribution in [1.82, 2.24) is 15.3 Å². The number of pyridine rings is 1. The van der Waals surface area contributed by atoms with Gasteiger partial charge in [-0.15, -0.1) is 11.3 Å². The van der Waals surface area contributed by atoms with Crippen LogP contribution in [0.15, 0.2) is 42.0 Å². The smallest absolute Gasteiger partial charge is 0.275 e. The molecule has 2 aromatic heterocycles. The van der Waals surface area contributed by atoms with E-state index in [1.54, 1.807) is 29.9 Å². The van der Waals surface area contributed by atoms with E-state index in [-0.39, 0.29) is 5.91 Å². The second-order valence-electron chi connectivity index (χ2n) is 6.91. The fraction of sp³-hybridized carbons (Fsp3) is 0.238. The number of piperazine rings is 1. The van der Waals surface area contributed by atoms with Crippen molar-refractivity contribution in [3.05, 3.63) is 63.9 Å². The maximum absolute atomic E-state index is 12.8. The molecule has 0 atom stereocenters. The van der Waals surface area contributed by atoms with Crippen molar-refractivity contribution in [2.75, 3.05) is 41.7 Å². The summed E-state index contributed by atoms with van der Waals surface area (Å²) in [7, 11) is 0. The Morgan fingerprint density at radius 2 is 2.13 bits per heavy atom. The molecule has 1 aromatic carbocycles. The second kappa shape index (κ2) is 9.86. The molecule has 0 radical (unpaired) electrons. The molecule has 1 saturated heterocycles. The Bertz CT molecular complexity index is 1080. The summed E-state index contributed by atoms with van der Waals surface area (Å²) in [6.45, 7) is 3.90. The fourth-order valence-corrected chi connectivity index (χ4v) is 4.28. The molecule has 3 N–H and O–H groups in total. The molecule has 0 spiro atoms. The van der Waals surface area contributed by atoms with Crippen LogP contribution in [0.1, 0.15) is 26.4 Å². The zero-order valence-corrected chi connectivity index (χ0v) is 18.2. The Kier molecular flexibility index (Phi) is 6.76. The largest absolute Gasteiger partial charge is 0.367 e. The van der Waals surface area contributed by atoms with Gasteiger partial charge in [0.2, 0.25) is 0 Å². The van der Waals surface area contributed by atoms with Crippen LogP contribution in [0.4, 0.5) is 16.5 Å². The SMILES string of the molecule is O=Cc1c(Cl)cccc1CNc1nc(C(=O)Nc2cnccc2N2CCNCC2)cs1. The summed E-state index contributed by atoms with van der Waals surface area (Å²) in [5.41, 5.74) is 3.12. The third-order valence-corrected chi connectivity index (χ3v) is 6.06. The molecule has 0 bridgehead atoms. The maximum Gasteiger partial charge on any atom is 0.275 e. The van der Waals surface area contributed by atoms with E-state index in [1.165, 1.54) is 11.3 Å². The van der Waals surface area contributed by atoms with Gasteiger partial charge in [-0.2, -0.15) is 0 Å². The first-order valence-electron chi connectivity index (χ1n) is 9.78. The summed E-state index contributed by atoms with van der Waals surface area (Å²) in [6.07, 6.45) is 4.12. The van der Waals surface area contributed by atoms with Crippen LogP contribution in [0.2, 0.25) is 5.02 Å². The van der Waals surface area contributed by atoms with E-state index in [4.69, 9.17) is 11.6 Å². The first-order valence-corrected chi connectivity index (χ1v) is 11.0. The zero-order valence-electron chi connectivity index (χ0n) is 16.6. The molecule has 4 rings (SSSR count). The van der Waals surface area contributed by atoms with Crippen LogP contribution in [0, 0.1) is 0 Å². The van der Waals surface area contributed by atoms with Crippen LogP contribution in [0.25, 0.3) is 0 Å². The van der Waals surface area contributed by atoms with Gasteiger partial charge in [-0.3, -0.25) is 14.6 Å². The van der Waals surface area contributed by atoms with Gasteiger partial charge in [0, 0.05) is 49.9 Å². The van der Waals surface area contributed by atoms with Gasteiger partial charge in [-0.05, 0) is 17.7 Å². The van der Waals surface area contributed by atoms with Gasteiger partial charge in [0.1, 0.15) is 5.69 Å². The van der Waals surface area contributed by atoms with E-state index in [0.29, 0.717) is 33.6 Å². The van der Waals surface area contributed by atoms with Gasteiger partial charge in [-0.1, -0.05) is 23.7 Å². The number of carbonyl (C=O) groups is 2. The summed E-state index contributed by atoms with van der Waals surface area (Å²) in [5, 5.41) is 12.1. The molecule has 1 aliphatic rings. The number of nitrogens with zero attached hydrogens (tertiary/aromatic N) is 3. The molecular weight excluding hydrogens is 436 g/mol. The van der Waals surface area contributed by atoms with Crippen molar-refractivity contribution in [2.45, 2.75) is 6.54 Å². The highest BCUT2D eigenvalue weighted by Crippen LogP contribution is 2.26. The van der Waals surface area contributed by atoms with E-state index >= 15 is 0 Å². The number of rotatable bonds is 7. The van der Waals surface area contributed by atoms with Crippen molar-refractivity contribution in [1.29, 1.82) is 0 Å². The predicted octanol–water partition coefficient (Wildman–Crippen LogP) is 3.28. The molecule has 0 aliphatic carbocycles. The third-order valence-electron chi connectivity index (χ3n) is 4.93. The van der Waals surface area contributed by atoms with Crippen molar-refractivity contribution in [3.8, 4) is 0 Å². The number of carbonyl (C=O) groups excluding carboxylic acids is 2. The number of aromatic nitrogens is 2. The summed E-state index contributed by atoms with van der Waals surface area (Å²) in [4.78, 5) is 34.8. The van der Waals surface area contributed by atoms with Crippen molar-refractivity contribution < 1.29 is 9.59 Å². The summed E-state index contributed by atoms with van der Waals surface area (Å²) in [5.74, 6) is -0.301. The number of aldehydes is 1. The topological polar surface area (TPSA) is 99.2 Å². The molecule has 3 aromatic rings. The predicted molar refractivity (Wildman–Crippen MR) is 124 cm³/mol. The average molecular weight is 457 g/mol. The molecule has 0 saturated carbocycles. The number of hydrogen-bond acceptors (Lipinski definition) is 8. The van der Waals surface area contributed by atoms with Crippen LogP contribution >= 0.6 is 22.9 Å². The number of nitrogens with one attached hydrogen (secondary N) is 3. The van der Waals surface area contributed by atoms with Gasteiger partial charge in [-0.25, -0.2) is 4.98 Å². The standard InChI is InChI=1S/C21H21ClN6O2S/c22-16-3-1-2-14(15(16)12-29)10-25-21-27-18(13-31-21)20(30)26-17-11-24-5-4-19(17)28-8-6-23-7-9-28/h1-5,11-13,23H,6-10H2,(H,25,27)(H,26,30). The van der Waals surface area contributed by atoms with Crippen LogP contribution < -0.4 is 20.9 Å². The minimum Gasteiger partial charge on any atom is -0.367 e. The van der Waals surface area contributed by atoms with E-state index in [1.807, 2.05) is 12.1 Å². The Morgan fingerprint density at radius 1 is 1.29 bits per heavy atom. The molecule has 10 heteroatoms. The van der Waals surface area contributed by atoms with E-state index in [2.05, 4.69) is 30.8 Å². The molecule has 31 heavy (non-hydrogen) atoms. The lowest BCUT2D eigenvalue weighted by Crippen LogP contribution is -2.43. The first kappa shape index (κ1) is 21.2. The van der Waals surface area contributed by atoms with Gasteiger partial charge in [0.25, 0.3) is 5.91 Å². The van der Waals surface area contributed by atoms with Crippen LogP contribution in [-0.2, 0) is 6.54 Å². The van der Waals surface area contributed by atoms with Gasteiger partial charge < -0.3 is 20.9 Å². The molecule has 1 fully saturated rings. The van der Waals surface area contributed by atoms with Crippen molar-refractivity contribution in [2.24, 2.45) is 0 Å². The Hall–Kier alpha value is -3.01. The second-order valence-corrected chi connectivity index (χ2v) is 8.17. The van der Waals surface area contributed by atoms with Crippen molar-refractivity contribution in [3.63, 3.8) is 0 Å². The summed E-state index contributed by atoms with van der Waals surface area (Å²) >= 11 is 7.38. The zero-order chi connectivity index (χ0) is 21.6. The number of hydrogen-bond donors (Lipinski definition) is 3. The van der Waals surface area contributed by atoms with Crippen LogP contribution in [0.3, 0.4) is 0 Å². The minimum absolute atomic E-state index is 0.301. The summed E-state index contributed by atoms with van der Waals surface area (Å²) < 4.78 is 0. The van der Waals surface area contributed by atoms with E-state index in [9.17, 15) is 9.59 Å². The number of thiazole rings is 1. The third kappa shape index (κ3) is 5.01. The maximum atomic E-state index is 12.8. The molecule has 3 heterocycles. The Labute approximate surface area is 188 Å². The van der Waals surface area contributed by atoms with E-state index in [0.717, 1.165) is 43.7 Å². The van der Waals surface area contributed by atoms with Crippen LogP contribution in [0.5, 0.6) is 0 Å². The van der Waals surface area contributed by atoms with Gasteiger partial charge in [0.15, 0.2) is 11.4 Å². The van der Waals surface area contributed by atoms with Gasteiger partial charge in [0.05, 0.1) is 22.6 Å². The van der Waals surface area contributed by atoms with Crippen molar-refractivity contribution >= 4 is 51.6 Å². The normalized spacial score (nSPS) is 13.6. The molecule has 160 valence electrons. The number of benzene rings is 1. The first-order chi connectivity index (χ1) is 15.2. The molecular formula is C21H21ClN6O2S. The molecule has 8 nitrogen and oxygen atoms in total. The number of halogens is 1. The highest BCUT2D eigenvalue weighted by Gasteiger charge is 2.18. The lowest BCUT2D eigenvalue weighted by Gasteiger charge is -2.30. The van der Waals surface area contributed by atoms with Gasteiger partial charge >= 0.3 is 0 Å². The average Bonchev–Trinajstić information content (AvgIpc) is 3.28. The van der Waals surface area contributed by atoms with E-state index < -0.39 is 0 Å². The quantitative estimate of drug-likeness (QED) is 0.469. The summed E-state index contributed by atoms with van der Waals surface area (Å²) in [6, 6.07) is 7.19. The Balaban J connectivity index is 1.42. The monoisotopic (exact) mass is 456 g/mol. The van der Waals surface area contributed by atoms with Crippen LogP contribution in [-0.4, -0.2) is 48.3 Å². The number of amides is 1.